The molecule has 0 bridgehead atoms. The van der Waals surface area contributed by atoms with Gasteiger partial charge >= 0.3 is 5.97 Å². The second-order valence-corrected chi connectivity index (χ2v) is 5.11. The van der Waals surface area contributed by atoms with Crippen LogP contribution in [0.3, 0.4) is 0 Å². The molecule has 1 atom stereocenters. The quantitative estimate of drug-likeness (QED) is 0.625. The number of halogens is 1. The van der Waals surface area contributed by atoms with Crippen LogP contribution in [0.25, 0.3) is 11.2 Å². The fraction of sp³-hybridized carbons (Fsp3) is 0.500. The van der Waals surface area contributed by atoms with Gasteiger partial charge in [-0.2, -0.15) is 0 Å². The number of ether oxygens (including phenoxy) is 2. The lowest BCUT2D eigenvalue weighted by molar-refractivity contribution is -0.0589. The summed E-state index contributed by atoms with van der Waals surface area (Å²) in [5, 5.41) is 0. The summed E-state index contributed by atoms with van der Waals surface area (Å²) in [4.78, 5) is 20.5. The van der Waals surface area contributed by atoms with Crippen LogP contribution in [0.5, 0.6) is 0 Å². The number of carbonyl (C=O) groups excluding carboxylic acids is 1. The van der Waals surface area contributed by atoms with Crippen LogP contribution in [0, 0.1) is 0 Å². The number of nitrogens with zero attached hydrogens (tertiary/aromatic N) is 3. The van der Waals surface area contributed by atoms with Crippen molar-refractivity contribution in [3.63, 3.8) is 0 Å². The Kier molecular flexibility index (Phi) is 4.07. The van der Waals surface area contributed by atoms with Gasteiger partial charge in [-0.25, -0.2) is 14.8 Å². The molecule has 0 N–H and O–H groups in total. The number of pyridine rings is 1. The van der Waals surface area contributed by atoms with Gasteiger partial charge in [0.2, 0.25) is 0 Å². The van der Waals surface area contributed by atoms with Crippen molar-refractivity contribution in [2.75, 3.05) is 13.2 Å². The molecule has 0 radical (unpaired) electrons. The molecule has 2 aromatic heterocycles. The number of aromatic nitrogens is 3. The van der Waals surface area contributed by atoms with Crippen molar-refractivity contribution < 1.29 is 14.3 Å². The Morgan fingerprint density at radius 1 is 1.62 bits per heavy atom. The van der Waals surface area contributed by atoms with Crippen molar-refractivity contribution in [2.45, 2.75) is 31.9 Å². The van der Waals surface area contributed by atoms with Gasteiger partial charge in [-0.3, -0.25) is 0 Å². The van der Waals surface area contributed by atoms with Crippen LogP contribution < -0.4 is 0 Å². The maximum absolute atomic E-state index is 11.8. The highest BCUT2D eigenvalue weighted by atomic mass is 35.5. The summed E-state index contributed by atoms with van der Waals surface area (Å²) in [6.07, 6.45) is 2.68. The minimum absolute atomic E-state index is 0.176. The molecule has 6 nitrogen and oxygen atoms in total. The molecule has 21 heavy (non-hydrogen) atoms. The number of carbonyl (C=O) groups is 1. The van der Waals surface area contributed by atoms with Crippen molar-refractivity contribution in [2.24, 2.45) is 0 Å². The van der Waals surface area contributed by atoms with Crippen molar-refractivity contribution in [3.8, 4) is 0 Å². The molecule has 0 spiro atoms. The van der Waals surface area contributed by atoms with E-state index in [1.54, 1.807) is 13.0 Å². The summed E-state index contributed by atoms with van der Waals surface area (Å²) in [6, 6.07) is 1.75. The standard InChI is InChI=1S/C14H16ClN3O3/c1-2-20-14(19)9-5-11-13(16-7-9)17-12(6-15)18(11)8-10-3-4-21-10/h5,7,10H,2-4,6,8H2,1H3/t10-/m0/s1. The van der Waals surface area contributed by atoms with Crippen molar-refractivity contribution in [3.05, 3.63) is 23.7 Å². The normalized spacial score (nSPS) is 17.7. The first-order valence-electron chi connectivity index (χ1n) is 6.92. The summed E-state index contributed by atoms with van der Waals surface area (Å²) in [5.41, 5.74) is 1.78. The van der Waals surface area contributed by atoms with E-state index in [4.69, 9.17) is 21.1 Å². The van der Waals surface area contributed by atoms with Gasteiger partial charge in [0.05, 0.1) is 36.2 Å². The number of imidazole rings is 1. The molecule has 0 amide bonds. The molecular weight excluding hydrogens is 294 g/mol. The molecule has 1 aliphatic heterocycles. The third-order valence-electron chi connectivity index (χ3n) is 3.49. The highest BCUT2D eigenvalue weighted by Gasteiger charge is 2.22. The molecule has 0 aromatic carbocycles. The number of fused-ring (bicyclic) bond motifs is 1. The minimum atomic E-state index is -0.382. The number of rotatable bonds is 5. The van der Waals surface area contributed by atoms with E-state index < -0.39 is 0 Å². The van der Waals surface area contributed by atoms with E-state index in [9.17, 15) is 4.79 Å². The lowest BCUT2D eigenvalue weighted by Gasteiger charge is -2.27. The molecule has 0 aliphatic carbocycles. The first-order chi connectivity index (χ1) is 10.2. The van der Waals surface area contributed by atoms with Crippen LogP contribution in [0.1, 0.15) is 29.5 Å². The molecule has 1 aliphatic rings. The predicted octanol–water partition coefficient (Wildman–Crippen LogP) is 2.14. The summed E-state index contributed by atoms with van der Waals surface area (Å²) in [6.45, 7) is 3.57. The van der Waals surface area contributed by atoms with Crippen LogP contribution in [0.2, 0.25) is 0 Å². The molecule has 1 saturated heterocycles. The number of hydrogen-bond acceptors (Lipinski definition) is 5. The van der Waals surface area contributed by atoms with Crippen molar-refractivity contribution >= 4 is 28.7 Å². The fourth-order valence-corrected chi connectivity index (χ4v) is 2.52. The fourth-order valence-electron chi connectivity index (χ4n) is 2.32. The van der Waals surface area contributed by atoms with E-state index in [1.807, 2.05) is 4.57 Å². The van der Waals surface area contributed by atoms with E-state index in [0.717, 1.165) is 24.4 Å². The molecule has 2 aromatic rings. The van der Waals surface area contributed by atoms with Gasteiger partial charge in [0.1, 0.15) is 5.82 Å². The number of esters is 1. The third-order valence-corrected chi connectivity index (χ3v) is 3.73. The Morgan fingerprint density at radius 2 is 2.43 bits per heavy atom. The van der Waals surface area contributed by atoms with E-state index in [2.05, 4.69) is 9.97 Å². The van der Waals surface area contributed by atoms with Gasteiger partial charge in [0, 0.05) is 12.8 Å². The van der Waals surface area contributed by atoms with Crippen LogP contribution in [0.4, 0.5) is 0 Å². The van der Waals surface area contributed by atoms with E-state index in [0.29, 0.717) is 24.4 Å². The minimum Gasteiger partial charge on any atom is -0.462 e. The third kappa shape index (κ3) is 2.73. The zero-order valence-corrected chi connectivity index (χ0v) is 12.5. The van der Waals surface area contributed by atoms with Gasteiger partial charge in [0.15, 0.2) is 5.65 Å². The highest BCUT2D eigenvalue weighted by molar-refractivity contribution is 6.16. The zero-order chi connectivity index (χ0) is 14.8. The number of alkyl halides is 1. The first kappa shape index (κ1) is 14.3. The molecular formula is C14H16ClN3O3. The van der Waals surface area contributed by atoms with E-state index in [-0.39, 0.29) is 18.0 Å². The van der Waals surface area contributed by atoms with Gasteiger partial charge < -0.3 is 14.0 Å². The average Bonchev–Trinajstić information content (AvgIpc) is 2.80. The predicted molar refractivity (Wildman–Crippen MR) is 77.4 cm³/mol. The monoisotopic (exact) mass is 309 g/mol. The highest BCUT2D eigenvalue weighted by Crippen LogP contribution is 2.21. The topological polar surface area (TPSA) is 66.2 Å². The lowest BCUT2D eigenvalue weighted by Crippen LogP contribution is -2.31. The summed E-state index contributed by atoms with van der Waals surface area (Å²) >= 11 is 5.96. The zero-order valence-electron chi connectivity index (χ0n) is 11.7. The Hall–Kier alpha value is -1.66. The van der Waals surface area contributed by atoms with Crippen LogP contribution in [0.15, 0.2) is 12.3 Å². The smallest absolute Gasteiger partial charge is 0.339 e. The van der Waals surface area contributed by atoms with Crippen molar-refractivity contribution in [1.82, 2.24) is 14.5 Å². The molecule has 112 valence electrons. The Balaban J connectivity index is 2.00. The van der Waals surface area contributed by atoms with Gasteiger partial charge in [0.25, 0.3) is 0 Å². The SMILES string of the molecule is CCOC(=O)c1cnc2nc(CCl)n(C[C@@H]3CCO3)c2c1. The Bertz CT molecular complexity index is 667. The summed E-state index contributed by atoms with van der Waals surface area (Å²) in [5.74, 6) is 0.639. The van der Waals surface area contributed by atoms with Gasteiger partial charge in [-0.1, -0.05) is 0 Å². The maximum atomic E-state index is 11.8. The second kappa shape index (κ2) is 5.99. The van der Waals surface area contributed by atoms with Crippen LogP contribution in [-0.4, -0.2) is 39.8 Å². The second-order valence-electron chi connectivity index (χ2n) is 4.84. The maximum Gasteiger partial charge on any atom is 0.339 e. The first-order valence-corrected chi connectivity index (χ1v) is 7.46. The van der Waals surface area contributed by atoms with Crippen LogP contribution >= 0.6 is 11.6 Å². The Morgan fingerprint density at radius 3 is 3.05 bits per heavy atom. The van der Waals surface area contributed by atoms with Gasteiger partial charge in [-0.05, 0) is 19.4 Å². The molecule has 0 unspecified atom stereocenters. The van der Waals surface area contributed by atoms with Crippen LogP contribution in [-0.2, 0) is 21.9 Å². The van der Waals surface area contributed by atoms with Gasteiger partial charge in [-0.15, -0.1) is 11.6 Å². The molecule has 0 saturated carbocycles. The molecule has 3 rings (SSSR count). The largest absolute Gasteiger partial charge is 0.462 e. The summed E-state index contributed by atoms with van der Waals surface area (Å²) in [7, 11) is 0. The van der Waals surface area contributed by atoms with Crippen molar-refractivity contribution in [1.29, 1.82) is 0 Å². The van der Waals surface area contributed by atoms with E-state index in [1.165, 1.54) is 6.20 Å². The number of hydrogen-bond donors (Lipinski definition) is 0. The van der Waals surface area contributed by atoms with E-state index >= 15 is 0 Å². The molecule has 7 heteroatoms. The Labute approximate surface area is 127 Å². The molecule has 3 heterocycles. The lowest BCUT2D eigenvalue weighted by atomic mass is 10.2. The summed E-state index contributed by atoms with van der Waals surface area (Å²) < 4.78 is 12.4. The average molecular weight is 310 g/mol. The molecule has 1 fully saturated rings.